The molecule has 104 valence electrons. The molecule has 0 unspecified atom stereocenters. The van der Waals surface area contributed by atoms with Crippen LogP contribution >= 0.6 is 0 Å². The Hall–Kier alpha value is -2.56. The monoisotopic (exact) mass is 275 g/mol. The Kier molecular flexibility index (Phi) is 4.20. The van der Waals surface area contributed by atoms with Gasteiger partial charge in [0.15, 0.2) is 0 Å². The third-order valence-electron chi connectivity index (χ3n) is 2.80. The van der Waals surface area contributed by atoms with E-state index in [1.807, 2.05) is 0 Å². The molecule has 0 fully saturated rings. The summed E-state index contributed by atoms with van der Waals surface area (Å²) in [5, 5.41) is 21.2. The van der Waals surface area contributed by atoms with Crippen LogP contribution in [-0.4, -0.2) is 22.7 Å². The van der Waals surface area contributed by atoms with Crippen molar-refractivity contribution in [1.82, 2.24) is 5.32 Å². The lowest BCUT2D eigenvalue weighted by Crippen LogP contribution is -2.25. The number of nitrogens with one attached hydrogen (secondary N) is 1. The Morgan fingerprint density at radius 2 is 1.75 bits per heavy atom. The average molecular weight is 275 g/mol. The van der Waals surface area contributed by atoms with Gasteiger partial charge in [-0.15, -0.1) is 0 Å². The standard InChI is InChI=1S/C15H14FNO3/c16-14-4-2-1-3-10(14)5-6-17-15(20)11-7-12(18)9-13(19)8-11/h1-4,7-9,18-19H,5-6H2,(H,17,20). The summed E-state index contributed by atoms with van der Waals surface area (Å²) in [4.78, 5) is 11.8. The van der Waals surface area contributed by atoms with Crippen LogP contribution in [0.3, 0.4) is 0 Å². The molecule has 2 rings (SSSR count). The molecule has 1 amide bonds. The van der Waals surface area contributed by atoms with Crippen LogP contribution in [0.2, 0.25) is 0 Å². The van der Waals surface area contributed by atoms with Crippen molar-refractivity contribution in [2.75, 3.05) is 6.54 Å². The molecular formula is C15H14FNO3. The zero-order valence-electron chi connectivity index (χ0n) is 10.6. The summed E-state index contributed by atoms with van der Waals surface area (Å²) in [6.07, 6.45) is 0.364. The van der Waals surface area contributed by atoms with Gasteiger partial charge in [-0.05, 0) is 30.2 Å². The Balaban J connectivity index is 1.94. The summed E-state index contributed by atoms with van der Waals surface area (Å²) in [6.45, 7) is 0.260. The van der Waals surface area contributed by atoms with E-state index in [4.69, 9.17) is 0 Å². The maximum atomic E-state index is 13.4. The summed E-state index contributed by atoms with van der Waals surface area (Å²) in [5.41, 5.74) is 0.669. The van der Waals surface area contributed by atoms with Gasteiger partial charge in [0.25, 0.3) is 5.91 Å². The summed E-state index contributed by atoms with van der Waals surface area (Å²) in [5.74, 6) is -1.13. The normalized spacial score (nSPS) is 10.2. The highest BCUT2D eigenvalue weighted by Crippen LogP contribution is 2.20. The molecule has 0 aliphatic heterocycles. The highest BCUT2D eigenvalue weighted by molar-refractivity contribution is 5.95. The molecule has 0 heterocycles. The first-order valence-electron chi connectivity index (χ1n) is 6.11. The quantitative estimate of drug-likeness (QED) is 0.801. The number of carbonyl (C=O) groups excluding carboxylic acids is 1. The van der Waals surface area contributed by atoms with Crippen molar-refractivity contribution in [3.63, 3.8) is 0 Å². The number of phenols is 2. The molecule has 3 N–H and O–H groups in total. The van der Waals surface area contributed by atoms with E-state index in [1.165, 1.54) is 18.2 Å². The molecule has 0 aromatic heterocycles. The zero-order chi connectivity index (χ0) is 14.5. The lowest BCUT2D eigenvalue weighted by Gasteiger charge is -2.07. The van der Waals surface area contributed by atoms with Crippen molar-refractivity contribution in [1.29, 1.82) is 0 Å². The van der Waals surface area contributed by atoms with Gasteiger partial charge >= 0.3 is 0 Å². The molecule has 0 aliphatic carbocycles. The molecule has 0 saturated heterocycles. The van der Waals surface area contributed by atoms with Crippen LogP contribution in [0, 0.1) is 5.82 Å². The van der Waals surface area contributed by atoms with Crippen LogP contribution in [-0.2, 0) is 6.42 Å². The molecule has 0 atom stereocenters. The minimum atomic E-state index is -0.437. The van der Waals surface area contributed by atoms with Crippen LogP contribution in [0.5, 0.6) is 11.5 Å². The van der Waals surface area contributed by atoms with Crippen LogP contribution in [0.4, 0.5) is 4.39 Å². The first kappa shape index (κ1) is 13.9. The Labute approximate surface area is 115 Å². The third-order valence-corrected chi connectivity index (χ3v) is 2.80. The molecule has 0 radical (unpaired) electrons. The van der Waals surface area contributed by atoms with E-state index in [-0.39, 0.29) is 29.4 Å². The second-order valence-electron chi connectivity index (χ2n) is 4.34. The number of aromatic hydroxyl groups is 2. The minimum absolute atomic E-state index is 0.149. The molecule has 0 aliphatic rings. The fourth-order valence-corrected chi connectivity index (χ4v) is 1.84. The summed E-state index contributed by atoms with van der Waals surface area (Å²) in [6, 6.07) is 9.99. The molecular weight excluding hydrogens is 261 g/mol. The van der Waals surface area contributed by atoms with Crippen molar-refractivity contribution >= 4 is 5.91 Å². The first-order chi connectivity index (χ1) is 9.56. The average Bonchev–Trinajstić information content (AvgIpc) is 2.39. The van der Waals surface area contributed by atoms with Gasteiger partial charge in [0.05, 0.1) is 0 Å². The molecule has 0 saturated carbocycles. The van der Waals surface area contributed by atoms with Gasteiger partial charge in [0.2, 0.25) is 0 Å². The maximum absolute atomic E-state index is 13.4. The second kappa shape index (κ2) is 6.06. The largest absolute Gasteiger partial charge is 0.508 e. The minimum Gasteiger partial charge on any atom is -0.508 e. The van der Waals surface area contributed by atoms with Crippen LogP contribution in [0.25, 0.3) is 0 Å². The van der Waals surface area contributed by atoms with Gasteiger partial charge in [-0.1, -0.05) is 18.2 Å². The van der Waals surface area contributed by atoms with E-state index in [1.54, 1.807) is 18.2 Å². The number of halogens is 1. The number of amides is 1. The van der Waals surface area contributed by atoms with Crippen molar-refractivity contribution in [3.8, 4) is 11.5 Å². The van der Waals surface area contributed by atoms with Gasteiger partial charge in [-0.3, -0.25) is 4.79 Å². The third kappa shape index (κ3) is 3.47. The predicted octanol–water partition coefficient (Wildman–Crippen LogP) is 2.21. The van der Waals surface area contributed by atoms with E-state index < -0.39 is 5.91 Å². The number of hydrogen-bond acceptors (Lipinski definition) is 3. The molecule has 0 spiro atoms. The van der Waals surface area contributed by atoms with Gasteiger partial charge in [-0.2, -0.15) is 0 Å². The van der Waals surface area contributed by atoms with E-state index in [2.05, 4.69) is 5.32 Å². The van der Waals surface area contributed by atoms with Crippen LogP contribution in [0.15, 0.2) is 42.5 Å². The molecule has 4 nitrogen and oxygen atoms in total. The fraction of sp³-hybridized carbons (Fsp3) is 0.133. The Morgan fingerprint density at radius 1 is 1.10 bits per heavy atom. The lowest BCUT2D eigenvalue weighted by atomic mass is 10.1. The van der Waals surface area contributed by atoms with Crippen molar-refractivity contribution < 1.29 is 19.4 Å². The van der Waals surface area contributed by atoms with Crippen LogP contribution in [0.1, 0.15) is 15.9 Å². The molecule has 0 bridgehead atoms. The van der Waals surface area contributed by atoms with Crippen molar-refractivity contribution in [2.45, 2.75) is 6.42 Å². The van der Waals surface area contributed by atoms with Crippen LogP contribution < -0.4 is 5.32 Å². The molecule has 2 aromatic carbocycles. The van der Waals surface area contributed by atoms with E-state index in [0.717, 1.165) is 6.07 Å². The lowest BCUT2D eigenvalue weighted by molar-refractivity contribution is 0.0953. The van der Waals surface area contributed by atoms with Crippen molar-refractivity contribution in [3.05, 3.63) is 59.4 Å². The number of carbonyl (C=O) groups is 1. The maximum Gasteiger partial charge on any atom is 0.251 e. The van der Waals surface area contributed by atoms with Gasteiger partial charge in [0, 0.05) is 18.2 Å². The Bertz CT molecular complexity index is 608. The number of hydrogen-bond donors (Lipinski definition) is 3. The van der Waals surface area contributed by atoms with E-state index in [9.17, 15) is 19.4 Å². The molecule has 2 aromatic rings. The highest BCUT2D eigenvalue weighted by atomic mass is 19.1. The van der Waals surface area contributed by atoms with Gasteiger partial charge in [0.1, 0.15) is 17.3 Å². The zero-order valence-corrected chi connectivity index (χ0v) is 10.6. The Morgan fingerprint density at radius 3 is 2.40 bits per heavy atom. The summed E-state index contributed by atoms with van der Waals surface area (Å²) < 4.78 is 13.4. The molecule has 5 heteroatoms. The van der Waals surface area contributed by atoms with E-state index >= 15 is 0 Å². The smallest absolute Gasteiger partial charge is 0.251 e. The number of phenolic OH excluding ortho intramolecular Hbond substituents is 2. The first-order valence-corrected chi connectivity index (χ1v) is 6.11. The molecule has 20 heavy (non-hydrogen) atoms. The highest BCUT2D eigenvalue weighted by Gasteiger charge is 2.08. The number of rotatable bonds is 4. The number of benzene rings is 2. The summed E-state index contributed by atoms with van der Waals surface area (Å²) in [7, 11) is 0. The predicted molar refractivity (Wildman–Crippen MR) is 72.2 cm³/mol. The topological polar surface area (TPSA) is 69.6 Å². The fourth-order valence-electron chi connectivity index (χ4n) is 1.84. The SMILES string of the molecule is O=C(NCCc1ccccc1F)c1cc(O)cc(O)c1. The van der Waals surface area contributed by atoms with Gasteiger partial charge in [-0.25, -0.2) is 4.39 Å². The van der Waals surface area contributed by atoms with Gasteiger partial charge < -0.3 is 15.5 Å². The van der Waals surface area contributed by atoms with Crippen molar-refractivity contribution in [2.24, 2.45) is 0 Å². The second-order valence-corrected chi connectivity index (χ2v) is 4.34. The summed E-state index contributed by atoms with van der Waals surface area (Å²) >= 11 is 0. The van der Waals surface area contributed by atoms with E-state index in [0.29, 0.717) is 12.0 Å².